The summed E-state index contributed by atoms with van der Waals surface area (Å²) in [7, 11) is 0. The van der Waals surface area contributed by atoms with Gasteiger partial charge < -0.3 is 9.47 Å². The molecule has 1 aromatic carbocycles. The third kappa shape index (κ3) is 3.95. The Bertz CT molecular complexity index is 469. The maximum Gasteiger partial charge on any atom is 0.348 e. The second-order valence-electron chi connectivity index (χ2n) is 3.39. The van der Waals surface area contributed by atoms with Crippen molar-refractivity contribution in [3.05, 3.63) is 35.4 Å². The zero-order chi connectivity index (χ0) is 13.4. The van der Waals surface area contributed by atoms with Gasteiger partial charge in [0.05, 0.1) is 13.2 Å². The Labute approximate surface area is 106 Å². The van der Waals surface area contributed by atoms with Gasteiger partial charge in [0, 0.05) is 0 Å². The van der Waals surface area contributed by atoms with Crippen LogP contribution in [-0.4, -0.2) is 19.2 Å². The summed E-state index contributed by atoms with van der Waals surface area (Å²) in [4.78, 5) is 11.4. The number of hydrogen-bond acceptors (Lipinski definition) is 4. The Morgan fingerprint density at radius 1 is 1.28 bits per heavy atom. The summed E-state index contributed by atoms with van der Waals surface area (Å²) in [6.45, 7) is 4.45. The molecule has 0 spiro atoms. The van der Waals surface area contributed by atoms with Gasteiger partial charge in [0.2, 0.25) is 0 Å². The Morgan fingerprint density at radius 2 is 1.94 bits per heavy atom. The molecular weight excluding hydrogens is 230 g/mol. The molecule has 0 heterocycles. The van der Waals surface area contributed by atoms with Crippen LogP contribution in [0.2, 0.25) is 0 Å². The van der Waals surface area contributed by atoms with Crippen molar-refractivity contribution < 1.29 is 14.3 Å². The molecular formula is C14H15NO3. The average Bonchev–Trinajstić information content (AvgIpc) is 2.38. The van der Waals surface area contributed by atoms with Gasteiger partial charge in [-0.15, -0.1) is 0 Å². The quantitative estimate of drug-likeness (QED) is 0.454. The molecule has 0 saturated carbocycles. The SMILES string of the molecule is CCOC(=O)/C(C#N)=C\c1ccc(OCC)cc1. The Morgan fingerprint density at radius 3 is 2.44 bits per heavy atom. The molecule has 1 rings (SSSR count). The van der Waals surface area contributed by atoms with Crippen LogP contribution in [0.1, 0.15) is 19.4 Å². The zero-order valence-corrected chi connectivity index (χ0v) is 10.5. The first-order valence-corrected chi connectivity index (χ1v) is 5.73. The molecule has 1 aromatic rings. The standard InChI is InChI=1S/C14H15NO3/c1-3-17-13-7-5-11(6-8-13)9-12(10-15)14(16)18-4-2/h5-9H,3-4H2,1-2H3/b12-9-. The highest BCUT2D eigenvalue weighted by molar-refractivity contribution is 5.97. The van der Waals surface area contributed by atoms with Crippen molar-refractivity contribution in [2.24, 2.45) is 0 Å². The van der Waals surface area contributed by atoms with E-state index in [0.717, 1.165) is 11.3 Å². The van der Waals surface area contributed by atoms with Crippen molar-refractivity contribution in [3.8, 4) is 11.8 Å². The van der Waals surface area contributed by atoms with Crippen LogP contribution in [0, 0.1) is 11.3 Å². The molecule has 4 nitrogen and oxygen atoms in total. The van der Waals surface area contributed by atoms with Crippen molar-refractivity contribution in [2.75, 3.05) is 13.2 Å². The fraction of sp³-hybridized carbons (Fsp3) is 0.286. The number of nitriles is 1. The minimum Gasteiger partial charge on any atom is -0.494 e. The van der Waals surface area contributed by atoms with Crippen molar-refractivity contribution >= 4 is 12.0 Å². The molecule has 0 radical (unpaired) electrons. The van der Waals surface area contributed by atoms with Gasteiger partial charge in [0.1, 0.15) is 17.4 Å². The number of carbonyl (C=O) groups is 1. The maximum atomic E-state index is 11.4. The topological polar surface area (TPSA) is 59.3 Å². The molecule has 0 amide bonds. The lowest BCUT2D eigenvalue weighted by Gasteiger charge is -2.03. The Hall–Kier alpha value is -2.28. The first-order valence-electron chi connectivity index (χ1n) is 5.73. The van der Waals surface area contributed by atoms with E-state index in [1.807, 2.05) is 13.0 Å². The highest BCUT2D eigenvalue weighted by Gasteiger charge is 2.09. The lowest BCUT2D eigenvalue weighted by atomic mass is 10.1. The Balaban J connectivity index is 2.86. The fourth-order valence-corrected chi connectivity index (χ4v) is 1.34. The van der Waals surface area contributed by atoms with Crippen LogP contribution in [0.3, 0.4) is 0 Å². The Kier molecular flexibility index (Phi) is 5.46. The molecule has 0 aliphatic heterocycles. The van der Waals surface area contributed by atoms with Gasteiger partial charge >= 0.3 is 5.97 Å². The number of hydrogen-bond donors (Lipinski definition) is 0. The van der Waals surface area contributed by atoms with Gasteiger partial charge in [-0.1, -0.05) is 12.1 Å². The first kappa shape index (κ1) is 13.8. The van der Waals surface area contributed by atoms with Gasteiger partial charge in [-0.3, -0.25) is 0 Å². The third-order valence-electron chi connectivity index (χ3n) is 2.12. The van der Waals surface area contributed by atoms with Crippen molar-refractivity contribution in [2.45, 2.75) is 13.8 Å². The van der Waals surface area contributed by atoms with E-state index in [2.05, 4.69) is 0 Å². The minimum atomic E-state index is -0.603. The number of ether oxygens (including phenoxy) is 2. The lowest BCUT2D eigenvalue weighted by Crippen LogP contribution is -2.05. The van der Waals surface area contributed by atoms with Gasteiger partial charge in [0.15, 0.2) is 0 Å². The second-order valence-corrected chi connectivity index (χ2v) is 3.39. The molecule has 0 atom stereocenters. The van der Waals surface area contributed by atoms with E-state index in [-0.39, 0.29) is 12.2 Å². The molecule has 0 fully saturated rings. The van der Waals surface area contributed by atoms with Gasteiger partial charge in [0.25, 0.3) is 0 Å². The van der Waals surface area contributed by atoms with E-state index < -0.39 is 5.97 Å². The highest BCUT2D eigenvalue weighted by Crippen LogP contribution is 2.14. The van der Waals surface area contributed by atoms with Crippen LogP contribution in [0.25, 0.3) is 6.08 Å². The van der Waals surface area contributed by atoms with E-state index in [1.165, 1.54) is 6.08 Å². The number of esters is 1. The average molecular weight is 245 g/mol. The number of carbonyl (C=O) groups excluding carboxylic acids is 1. The summed E-state index contributed by atoms with van der Waals surface area (Å²) < 4.78 is 10.1. The molecule has 0 N–H and O–H groups in total. The summed E-state index contributed by atoms with van der Waals surface area (Å²) in [5, 5.41) is 8.88. The molecule has 0 aliphatic rings. The predicted molar refractivity (Wildman–Crippen MR) is 67.8 cm³/mol. The summed E-state index contributed by atoms with van der Waals surface area (Å²) in [5.74, 6) is 0.151. The fourth-order valence-electron chi connectivity index (χ4n) is 1.34. The minimum absolute atomic E-state index is 0.0130. The lowest BCUT2D eigenvalue weighted by molar-refractivity contribution is -0.137. The van der Waals surface area contributed by atoms with Crippen LogP contribution in [-0.2, 0) is 9.53 Å². The van der Waals surface area contributed by atoms with Crippen molar-refractivity contribution in [1.82, 2.24) is 0 Å². The van der Waals surface area contributed by atoms with Crippen LogP contribution in [0.4, 0.5) is 0 Å². The predicted octanol–water partition coefficient (Wildman–Crippen LogP) is 2.56. The largest absolute Gasteiger partial charge is 0.494 e. The number of nitrogens with zero attached hydrogens (tertiary/aromatic N) is 1. The van der Waals surface area contributed by atoms with Crippen LogP contribution >= 0.6 is 0 Å². The summed E-state index contributed by atoms with van der Waals surface area (Å²) in [5.41, 5.74) is 0.740. The third-order valence-corrected chi connectivity index (χ3v) is 2.12. The van der Waals surface area contributed by atoms with Crippen molar-refractivity contribution in [3.63, 3.8) is 0 Å². The molecule has 0 aliphatic carbocycles. The highest BCUT2D eigenvalue weighted by atomic mass is 16.5. The summed E-state index contributed by atoms with van der Waals surface area (Å²) in [6.07, 6.45) is 1.49. The molecule has 94 valence electrons. The van der Waals surface area contributed by atoms with E-state index in [9.17, 15) is 4.79 Å². The van der Waals surface area contributed by atoms with Crippen LogP contribution < -0.4 is 4.74 Å². The molecule has 0 aromatic heterocycles. The normalized spacial score (nSPS) is 10.6. The molecule has 0 saturated heterocycles. The van der Waals surface area contributed by atoms with Crippen molar-refractivity contribution in [1.29, 1.82) is 5.26 Å². The number of rotatable bonds is 5. The molecule has 0 unspecified atom stereocenters. The smallest absolute Gasteiger partial charge is 0.348 e. The van der Waals surface area contributed by atoms with Gasteiger partial charge in [-0.25, -0.2) is 4.79 Å². The van der Waals surface area contributed by atoms with Gasteiger partial charge in [-0.05, 0) is 37.6 Å². The van der Waals surface area contributed by atoms with E-state index in [1.54, 1.807) is 31.2 Å². The van der Waals surface area contributed by atoms with E-state index >= 15 is 0 Å². The first-order chi connectivity index (χ1) is 8.71. The summed E-state index contributed by atoms with van der Waals surface area (Å²) in [6, 6.07) is 8.96. The molecule has 4 heteroatoms. The summed E-state index contributed by atoms with van der Waals surface area (Å²) >= 11 is 0. The number of benzene rings is 1. The zero-order valence-electron chi connectivity index (χ0n) is 10.5. The van der Waals surface area contributed by atoms with E-state index in [4.69, 9.17) is 14.7 Å². The molecule has 0 bridgehead atoms. The van der Waals surface area contributed by atoms with Crippen LogP contribution in [0.15, 0.2) is 29.8 Å². The van der Waals surface area contributed by atoms with E-state index in [0.29, 0.717) is 6.61 Å². The molecule has 18 heavy (non-hydrogen) atoms. The second kappa shape index (κ2) is 7.13. The van der Waals surface area contributed by atoms with Gasteiger partial charge in [-0.2, -0.15) is 5.26 Å². The van der Waals surface area contributed by atoms with Crippen LogP contribution in [0.5, 0.6) is 5.75 Å². The maximum absolute atomic E-state index is 11.4. The monoisotopic (exact) mass is 245 g/mol.